The molecule has 0 spiro atoms. The highest BCUT2D eigenvalue weighted by Crippen LogP contribution is 2.20. The number of nitrogens with zero attached hydrogens (tertiary/aromatic N) is 1. The number of para-hydroxylation sites is 1. The van der Waals surface area contributed by atoms with Crippen molar-refractivity contribution in [3.8, 4) is 0 Å². The second-order valence-electron chi connectivity index (χ2n) is 4.03. The summed E-state index contributed by atoms with van der Waals surface area (Å²) in [5.41, 5.74) is 0.456. The van der Waals surface area contributed by atoms with Crippen LogP contribution in [0.5, 0.6) is 0 Å². The topological polar surface area (TPSA) is 66.5 Å². The Morgan fingerprint density at radius 3 is 2.50 bits per heavy atom. The molecular formula is C12H18N2O3S. The van der Waals surface area contributed by atoms with Crippen LogP contribution in [0.15, 0.2) is 29.2 Å². The minimum atomic E-state index is -3.29. The van der Waals surface area contributed by atoms with Crippen molar-refractivity contribution >= 4 is 21.4 Å². The van der Waals surface area contributed by atoms with Crippen LogP contribution in [-0.4, -0.2) is 45.6 Å². The zero-order chi connectivity index (χ0) is 13.8. The van der Waals surface area contributed by atoms with Crippen molar-refractivity contribution in [1.29, 1.82) is 0 Å². The van der Waals surface area contributed by atoms with Crippen LogP contribution in [0.25, 0.3) is 0 Å². The highest BCUT2D eigenvalue weighted by Gasteiger charge is 2.13. The first-order valence-electron chi connectivity index (χ1n) is 5.63. The van der Waals surface area contributed by atoms with Gasteiger partial charge in [0, 0.05) is 19.8 Å². The summed E-state index contributed by atoms with van der Waals surface area (Å²) in [7, 11) is -1.59. The molecule has 6 heteroatoms. The molecule has 1 amide bonds. The van der Waals surface area contributed by atoms with Crippen molar-refractivity contribution in [2.24, 2.45) is 0 Å². The smallest absolute Gasteiger partial charge is 0.241 e. The molecule has 0 heterocycles. The Morgan fingerprint density at radius 1 is 1.33 bits per heavy atom. The number of rotatable bonds is 5. The molecule has 5 nitrogen and oxygen atoms in total. The zero-order valence-electron chi connectivity index (χ0n) is 10.8. The van der Waals surface area contributed by atoms with E-state index in [0.717, 1.165) is 6.26 Å². The van der Waals surface area contributed by atoms with E-state index in [1.165, 1.54) is 6.07 Å². The van der Waals surface area contributed by atoms with Crippen molar-refractivity contribution in [2.45, 2.75) is 11.8 Å². The molecule has 0 unspecified atom stereocenters. The van der Waals surface area contributed by atoms with Gasteiger partial charge in [0.2, 0.25) is 5.91 Å². The average molecular weight is 270 g/mol. The van der Waals surface area contributed by atoms with E-state index in [0.29, 0.717) is 12.2 Å². The molecule has 0 fully saturated rings. The Bertz CT molecular complexity index is 526. The van der Waals surface area contributed by atoms with E-state index < -0.39 is 9.84 Å². The number of hydrogen-bond donors (Lipinski definition) is 1. The molecule has 0 saturated carbocycles. The number of amides is 1. The summed E-state index contributed by atoms with van der Waals surface area (Å²) >= 11 is 0. The number of likely N-dealkylation sites (N-methyl/N-ethyl adjacent to an activating group) is 1. The summed E-state index contributed by atoms with van der Waals surface area (Å²) in [6, 6.07) is 6.55. The van der Waals surface area contributed by atoms with Gasteiger partial charge in [0.1, 0.15) is 0 Å². The molecule has 100 valence electrons. The van der Waals surface area contributed by atoms with Crippen molar-refractivity contribution < 1.29 is 13.2 Å². The first-order chi connectivity index (χ1) is 8.36. The largest absolute Gasteiger partial charge is 0.375 e. The fourth-order valence-electron chi connectivity index (χ4n) is 1.42. The van der Waals surface area contributed by atoms with E-state index in [1.54, 1.807) is 30.1 Å². The lowest BCUT2D eigenvalue weighted by Crippen LogP contribution is -2.32. The third kappa shape index (κ3) is 3.73. The highest BCUT2D eigenvalue weighted by atomic mass is 32.2. The molecule has 1 aromatic carbocycles. The number of hydrogen-bond acceptors (Lipinski definition) is 4. The Morgan fingerprint density at radius 2 is 1.94 bits per heavy atom. The van der Waals surface area contributed by atoms with Gasteiger partial charge in [-0.05, 0) is 19.1 Å². The summed E-state index contributed by atoms with van der Waals surface area (Å²) < 4.78 is 23.1. The molecule has 18 heavy (non-hydrogen) atoms. The van der Waals surface area contributed by atoms with Gasteiger partial charge in [-0.15, -0.1) is 0 Å². The standard InChI is InChI=1S/C12H18N2O3S/c1-4-14(2)12(15)9-13-10-7-5-6-8-11(10)18(3,16)17/h5-8,13H,4,9H2,1-3H3. The van der Waals surface area contributed by atoms with Gasteiger partial charge in [0.05, 0.1) is 17.1 Å². The molecule has 0 aromatic heterocycles. The van der Waals surface area contributed by atoms with Gasteiger partial charge < -0.3 is 10.2 Å². The first kappa shape index (κ1) is 14.5. The maximum absolute atomic E-state index is 11.6. The molecule has 0 atom stereocenters. The fourth-order valence-corrected chi connectivity index (χ4v) is 2.28. The van der Waals surface area contributed by atoms with E-state index in [2.05, 4.69) is 5.32 Å². The minimum Gasteiger partial charge on any atom is -0.375 e. The van der Waals surface area contributed by atoms with E-state index in [9.17, 15) is 13.2 Å². The predicted octanol–water partition coefficient (Wildman–Crippen LogP) is 0.980. The lowest BCUT2D eigenvalue weighted by molar-refractivity contribution is -0.127. The summed E-state index contributed by atoms with van der Waals surface area (Å²) in [6.07, 6.45) is 1.15. The van der Waals surface area contributed by atoms with Crippen molar-refractivity contribution in [1.82, 2.24) is 4.90 Å². The first-order valence-corrected chi connectivity index (χ1v) is 7.52. The van der Waals surface area contributed by atoms with Gasteiger partial charge in [-0.3, -0.25) is 4.79 Å². The quantitative estimate of drug-likeness (QED) is 0.866. The minimum absolute atomic E-state index is 0.0802. The number of anilines is 1. The second-order valence-corrected chi connectivity index (χ2v) is 6.01. The molecule has 0 aliphatic carbocycles. The van der Waals surface area contributed by atoms with E-state index >= 15 is 0 Å². The van der Waals surface area contributed by atoms with Crippen LogP contribution in [0.3, 0.4) is 0 Å². The summed E-state index contributed by atoms with van der Waals surface area (Å²) in [5, 5.41) is 2.86. The molecule has 1 aromatic rings. The molecule has 0 radical (unpaired) electrons. The third-order valence-corrected chi connectivity index (χ3v) is 3.77. The Balaban J connectivity index is 2.84. The van der Waals surface area contributed by atoms with Crippen LogP contribution in [0.2, 0.25) is 0 Å². The van der Waals surface area contributed by atoms with Gasteiger partial charge in [-0.1, -0.05) is 12.1 Å². The molecule has 0 aliphatic heterocycles. The Kier molecular flexibility index (Phi) is 4.72. The molecule has 0 bridgehead atoms. The summed E-state index contributed by atoms with van der Waals surface area (Å²) in [6.45, 7) is 2.58. The maximum Gasteiger partial charge on any atom is 0.241 e. The predicted molar refractivity (Wildman–Crippen MR) is 71.4 cm³/mol. The zero-order valence-corrected chi connectivity index (χ0v) is 11.6. The number of nitrogens with one attached hydrogen (secondary N) is 1. The van der Waals surface area contributed by atoms with Crippen LogP contribution in [0, 0.1) is 0 Å². The van der Waals surface area contributed by atoms with E-state index in [-0.39, 0.29) is 17.3 Å². The monoisotopic (exact) mass is 270 g/mol. The lowest BCUT2D eigenvalue weighted by atomic mass is 10.3. The van der Waals surface area contributed by atoms with Crippen LogP contribution in [-0.2, 0) is 14.6 Å². The number of sulfone groups is 1. The highest BCUT2D eigenvalue weighted by molar-refractivity contribution is 7.90. The molecule has 0 saturated heterocycles. The molecular weight excluding hydrogens is 252 g/mol. The SMILES string of the molecule is CCN(C)C(=O)CNc1ccccc1S(C)(=O)=O. The maximum atomic E-state index is 11.6. The van der Waals surface area contributed by atoms with Gasteiger partial charge in [-0.2, -0.15) is 0 Å². The Hall–Kier alpha value is -1.56. The van der Waals surface area contributed by atoms with Crippen LogP contribution >= 0.6 is 0 Å². The van der Waals surface area contributed by atoms with E-state index in [1.807, 2.05) is 6.92 Å². The normalized spacial score (nSPS) is 11.1. The Labute approximate surface area is 108 Å². The summed E-state index contributed by atoms with van der Waals surface area (Å²) in [5.74, 6) is -0.0826. The molecule has 1 rings (SSSR count). The number of carbonyl (C=O) groups excluding carboxylic acids is 1. The van der Waals surface area contributed by atoms with Crippen molar-refractivity contribution in [3.05, 3.63) is 24.3 Å². The van der Waals surface area contributed by atoms with Gasteiger partial charge in [-0.25, -0.2) is 8.42 Å². The van der Waals surface area contributed by atoms with Crippen LogP contribution < -0.4 is 5.32 Å². The van der Waals surface area contributed by atoms with Crippen molar-refractivity contribution in [3.63, 3.8) is 0 Å². The van der Waals surface area contributed by atoms with Crippen molar-refractivity contribution in [2.75, 3.05) is 31.7 Å². The van der Waals surface area contributed by atoms with Gasteiger partial charge in [0.15, 0.2) is 9.84 Å². The van der Waals surface area contributed by atoms with Gasteiger partial charge >= 0.3 is 0 Å². The second kappa shape index (κ2) is 5.86. The molecule has 1 N–H and O–H groups in total. The average Bonchev–Trinajstić information content (AvgIpc) is 2.34. The van der Waals surface area contributed by atoms with Crippen LogP contribution in [0.4, 0.5) is 5.69 Å². The van der Waals surface area contributed by atoms with Crippen LogP contribution in [0.1, 0.15) is 6.92 Å². The number of benzene rings is 1. The summed E-state index contributed by atoms with van der Waals surface area (Å²) in [4.78, 5) is 13.4. The fraction of sp³-hybridized carbons (Fsp3) is 0.417. The van der Waals surface area contributed by atoms with Gasteiger partial charge in [0.25, 0.3) is 0 Å². The molecule has 0 aliphatic rings. The van der Waals surface area contributed by atoms with E-state index in [4.69, 9.17) is 0 Å². The number of carbonyl (C=O) groups is 1. The lowest BCUT2D eigenvalue weighted by Gasteiger charge is -2.16. The third-order valence-electron chi connectivity index (χ3n) is 2.62.